The molecule has 0 bridgehead atoms. The van der Waals surface area contributed by atoms with Crippen LogP contribution in [0.4, 0.5) is 0 Å². The molecule has 1 aromatic heterocycles. The molecule has 1 aromatic carbocycles. The summed E-state index contributed by atoms with van der Waals surface area (Å²) in [6.45, 7) is 6.48. The van der Waals surface area contributed by atoms with Crippen LogP contribution < -0.4 is 10.1 Å². The minimum Gasteiger partial charge on any atom is -0.493 e. The summed E-state index contributed by atoms with van der Waals surface area (Å²) in [4.78, 5) is 4.61. The second kappa shape index (κ2) is 5.64. The van der Waals surface area contributed by atoms with E-state index in [1.807, 2.05) is 37.3 Å². The lowest BCUT2D eigenvalue weighted by Crippen LogP contribution is -2.13. The summed E-state index contributed by atoms with van der Waals surface area (Å²) >= 11 is 0. The summed E-state index contributed by atoms with van der Waals surface area (Å²) in [5, 5.41) is 4.36. The van der Waals surface area contributed by atoms with Gasteiger partial charge in [-0.05, 0) is 25.6 Å². The molecule has 0 unspecified atom stereocenters. The molecule has 0 amide bonds. The summed E-state index contributed by atoms with van der Waals surface area (Å²) in [6.07, 6.45) is 0. The van der Waals surface area contributed by atoms with Gasteiger partial charge >= 0.3 is 0 Å². The van der Waals surface area contributed by atoms with Crippen LogP contribution in [-0.4, -0.2) is 18.1 Å². The lowest BCUT2D eigenvalue weighted by atomic mass is 10.2. The Morgan fingerprint density at radius 3 is 2.82 bits per heavy atom. The van der Waals surface area contributed by atoms with Crippen molar-refractivity contribution in [3.63, 3.8) is 0 Å². The standard InChI is InChI=1S/C14H18N2O/c1-3-15-10-11-9-14(17-4-2)12-7-5-6-8-13(12)16-11/h5-9,15H,3-4,10H2,1-2H3. The Morgan fingerprint density at radius 2 is 2.06 bits per heavy atom. The normalized spacial score (nSPS) is 10.7. The van der Waals surface area contributed by atoms with Crippen LogP contribution in [0.2, 0.25) is 0 Å². The second-order valence-corrected chi connectivity index (χ2v) is 3.84. The molecule has 17 heavy (non-hydrogen) atoms. The maximum Gasteiger partial charge on any atom is 0.130 e. The van der Waals surface area contributed by atoms with Crippen LogP contribution in [0.1, 0.15) is 19.5 Å². The molecule has 90 valence electrons. The molecule has 2 rings (SSSR count). The van der Waals surface area contributed by atoms with E-state index in [9.17, 15) is 0 Å². The van der Waals surface area contributed by atoms with Crippen LogP contribution in [0.3, 0.4) is 0 Å². The Hall–Kier alpha value is -1.61. The van der Waals surface area contributed by atoms with Crippen LogP contribution in [0.15, 0.2) is 30.3 Å². The van der Waals surface area contributed by atoms with Crippen LogP contribution in [0.25, 0.3) is 10.9 Å². The van der Waals surface area contributed by atoms with E-state index in [0.29, 0.717) is 6.61 Å². The van der Waals surface area contributed by atoms with Crippen LogP contribution in [-0.2, 0) is 6.54 Å². The van der Waals surface area contributed by atoms with Crippen molar-refractivity contribution in [3.05, 3.63) is 36.0 Å². The summed E-state index contributed by atoms with van der Waals surface area (Å²) in [5.74, 6) is 0.922. The van der Waals surface area contributed by atoms with E-state index in [1.165, 1.54) is 0 Å². The third-order valence-electron chi connectivity index (χ3n) is 2.59. The predicted molar refractivity (Wildman–Crippen MR) is 70.3 cm³/mol. The number of nitrogens with zero attached hydrogens (tertiary/aromatic N) is 1. The van der Waals surface area contributed by atoms with Gasteiger partial charge in [0, 0.05) is 18.0 Å². The Balaban J connectivity index is 2.43. The van der Waals surface area contributed by atoms with Gasteiger partial charge in [0.25, 0.3) is 0 Å². The number of nitrogens with one attached hydrogen (secondary N) is 1. The Bertz CT molecular complexity index is 497. The van der Waals surface area contributed by atoms with E-state index in [1.54, 1.807) is 0 Å². The quantitative estimate of drug-likeness (QED) is 0.857. The minimum absolute atomic E-state index is 0.675. The van der Waals surface area contributed by atoms with Gasteiger partial charge in [0.05, 0.1) is 17.8 Å². The number of para-hydroxylation sites is 1. The summed E-state index contributed by atoms with van der Waals surface area (Å²) in [5.41, 5.74) is 2.01. The Kier molecular flexibility index (Phi) is 3.94. The number of aromatic nitrogens is 1. The van der Waals surface area contributed by atoms with Gasteiger partial charge in [0.1, 0.15) is 5.75 Å². The largest absolute Gasteiger partial charge is 0.493 e. The second-order valence-electron chi connectivity index (χ2n) is 3.84. The van der Waals surface area contributed by atoms with Gasteiger partial charge in [-0.3, -0.25) is 4.98 Å². The predicted octanol–water partition coefficient (Wildman–Crippen LogP) is 2.74. The van der Waals surface area contributed by atoms with Crippen LogP contribution in [0.5, 0.6) is 5.75 Å². The zero-order valence-corrected chi connectivity index (χ0v) is 10.4. The molecule has 0 radical (unpaired) electrons. The molecule has 0 saturated heterocycles. The number of pyridine rings is 1. The molecule has 3 nitrogen and oxygen atoms in total. The lowest BCUT2D eigenvalue weighted by Gasteiger charge is -2.10. The molecule has 3 heteroatoms. The highest BCUT2D eigenvalue weighted by atomic mass is 16.5. The molecular formula is C14H18N2O. The molecule has 0 fully saturated rings. The first kappa shape index (κ1) is 11.9. The number of fused-ring (bicyclic) bond motifs is 1. The van der Waals surface area contributed by atoms with Crippen molar-refractivity contribution >= 4 is 10.9 Å². The first-order valence-corrected chi connectivity index (χ1v) is 6.07. The third-order valence-corrected chi connectivity index (χ3v) is 2.59. The van der Waals surface area contributed by atoms with Crippen molar-refractivity contribution in [2.45, 2.75) is 20.4 Å². The van der Waals surface area contributed by atoms with E-state index >= 15 is 0 Å². The fourth-order valence-corrected chi connectivity index (χ4v) is 1.81. The molecular weight excluding hydrogens is 212 g/mol. The van der Waals surface area contributed by atoms with Crippen molar-refractivity contribution in [2.75, 3.05) is 13.2 Å². The monoisotopic (exact) mass is 230 g/mol. The van der Waals surface area contributed by atoms with Gasteiger partial charge in [0.15, 0.2) is 0 Å². The molecule has 1 N–H and O–H groups in total. The summed E-state index contributed by atoms with van der Waals surface area (Å²) in [6, 6.07) is 10.1. The number of ether oxygens (including phenoxy) is 1. The van der Waals surface area contributed by atoms with Gasteiger partial charge in [-0.1, -0.05) is 19.1 Å². The van der Waals surface area contributed by atoms with Crippen molar-refractivity contribution in [1.29, 1.82) is 0 Å². The zero-order valence-electron chi connectivity index (χ0n) is 10.4. The number of benzene rings is 1. The van der Waals surface area contributed by atoms with E-state index < -0.39 is 0 Å². The van der Waals surface area contributed by atoms with Gasteiger partial charge in [-0.15, -0.1) is 0 Å². The molecule has 0 aliphatic rings. The van der Waals surface area contributed by atoms with Gasteiger partial charge in [-0.25, -0.2) is 0 Å². The summed E-state index contributed by atoms with van der Waals surface area (Å²) < 4.78 is 5.67. The smallest absolute Gasteiger partial charge is 0.130 e. The van der Waals surface area contributed by atoms with E-state index in [-0.39, 0.29) is 0 Å². The SMILES string of the molecule is CCNCc1cc(OCC)c2ccccc2n1. The highest BCUT2D eigenvalue weighted by Gasteiger charge is 2.05. The average Bonchev–Trinajstić information content (AvgIpc) is 2.37. The van der Waals surface area contributed by atoms with Gasteiger partial charge in [0.2, 0.25) is 0 Å². The van der Waals surface area contributed by atoms with Crippen molar-refractivity contribution in [3.8, 4) is 5.75 Å². The number of hydrogen-bond donors (Lipinski definition) is 1. The fourth-order valence-electron chi connectivity index (χ4n) is 1.81. The first-order valence-electron chi connectivity index (χ1n) is 6.07. The van der Waals surface area contributed by atoms with Crippen molar-refractivity contribution in [1.82, 2.24) is 10.3 Å². The van der Waals surface area contributed by atoms with Gasteiger partial charge < -0.3 is 10.1 Å². The van der Waals surface area contributed by atoms with E-state index in [4.69, 9.17) is 4.74 Å². The molecule has 0 atom stereocenters. The molecule has 0 aliphatic carbocycles. The average molecular weight is 230 g/mol. The molecule has 0 aliphatic heterocycles. The highest BCUT2D eigenvalue weighted by Crippen LogP contribution is 2.25. The maximum absolute atomic E-state index is 5.67. The van der Waals surface area contributed by atoms with E-state index in [2.05, 4.69) is 17.2 Å². The molecule has 1 heterocycles. The molecule has 2 aromatic rings. The van der Waals surface area contributed by atoms with Crippen LogP contribution >= 0.6 is 0 Å². The first-order chi connectivity index (χ1) is 8.35. The van der Waals surface area contributed by atoms with Crippen molar-refractivity contribution in [2.24, 2.45) is 0 Å². The number of hydrogen-bond acceptors (Lipinski definition) is 3. The van der Waals surface area contributed by atoms with Crippen LogP contribution in [0, 0.1) is 0 Å². The Morgan fingerprint density at radius 1 is 1.24 bits per heavy atom. The van der Waals surface area contributed by atoms with Crippen molar-refractivity contribution < 1.29 is 4.74 Å². The lowest BCUT2D eigenvalue weighted by molar-refractivity contribution is 0.343. The summed E-state index contributed by atoms with van der Waals surface area (Å²) in [7, 11) is 0. The third kappa shape index (κ3) is 2.74. The molecule has 0 spiro atoms. The Labute approximate surface area is 102 Å². The van der Waals surface area contributed by atoms with Gasteiger partial charge in [-0.2, -0.15) is 0 Å². The fraction of sp³-hybridized carbons (Fsp3) is 0.357. The zero-order chi connectivity index (χ0) is 12.1. The maximum atomic E-state index is 5.67. The number of rotatable bonds is 5. The topological polar surface area (TPSA) is 34.1 Å². The molecule has 0 saturated carbocycles. The van der Waals surface area contributed by atoms with E-state index in [0.717, 1.165) is 35.4 Å². The highest BCUT2D eigenvalue weighted by molar-refractivity contribution is 5.85. The minimum atomic E-state index is 0.675.